The van der Waals surface area contributed by atoms with Crippen LogP contribution in [0.4, 0.5) is 0 Å². The van der Waals surface area contributed by atoms with E-state index in [4.69, 9.17) is 16.3 Å². The van der Waals surface area contributed by atoms with E-state index in [1.165, 1.54) is 38.4 Å². The second-order valence-electron chi connectivity index (χ2n) is 4.42. The van der Waals surface area contributed by atoms with E-state index in [0.717, 1.165) is 18.4 Å². The highest BCUT2D eigenvalue weighted by Crippen LogP contribution is 2.22. The molecule has 102 valence electrons. The maximum atomic E-state index is 6.00. The Morgan fingerprint density at radius 1 is 1.06 bits per heavy atom. The van der Waals surface area contributed by atoms with Crippen LogP contribution in [0.3, 0.4) is 0 Å². The van der Waals surface area contributed by atoms with Gasteiger partial charge < -0.3 is 4.74 Å². The molecule has 0 unspecified atom stereocenters. The number of nitrogens with zero attached hydrogens (tertiary/aromatic N) is 2. The minimum atomic E-state index is 0.505. The lowest BCUT2D eigenvalue weighted by Gasteiger charge is -2.09. The molecule has 0 atom stereocenters. The van der Waals surface area contributed by atoms with E-state index in [1.807, 2.05) is 6.92 Å². The molecule has 0 N–H and O–H groups in total. The molecule has 0 spiro atoms. The van der Waals surface area contributed by atoms with Crippen LogP contribution in [0.15, 0.2) is 6.33 Å². The van der Waals surface area contributed by atoms with Gasteiger partial charge in [-0.3, -0.25) is 0 Å². The zero-order valence-electron chi connectivity index (χ0n) is 11.4. The van der Waals surface area contributed by atoms with Crippen molar-refractivity contribution in [3.05, 3.63) is 17.0 Å². The molecule has 4 heteroatoms. The Balaban J connectivity index is 2.25. The molecule has 1 heterocycles. The van der Waals surface area contributed by atoms with Gasteiger partial charge in [-0.2, -0.15) is 0 Å². The predicted molar refractivity (Wildman–Crippen MR) is 75.3 cm³/mol. The van der Waals surface area contributed by atoms with Gasteiger partial charge in [0, 0.05) is 0 Å². The van der Waals surface area contributed by atoms with Gasteiger partial charge in [0.2, 0.25) is 5.88 Å². The molecule has 1 rings (SSSR count). The number of aromatic nitrogens is 2. The maximum Gasteiger partial charge on any atom is 0.221 e. The van der Waals surface area contributed by atoms with Crippen molar-refractivity contribution in [2.75, 3.05) is 6.61 Å². The molecule has 0 aliphatic heterocycles. The van der Waals surface area contributed by atoms with E-state index in [9.17, 15) is 0 Å². The Bertz CT molecular complexity index is 345. The normalized spacial score (nSPS) is 10.6. The molecule has 0 fully saturated rings. The minimum absolute atomic E-state index is 0.505. The van der Waals surface area contributed by atoms with E-state index >= 15 is 0 Å². The van der Waals surface area contributed by atoms with Crippen molar-refractivity contribution in [1.82, 2.24) is 9.97 Å². The molecule has 0 aromatic carbocycles. The van der Waals surface area contributed by atoms with Crippen LogP contribution in [0.5, 0.6) is 5.88 Å². The van der Waals surface area contributed by atoms with Crippen LogP contribution in [0.2, 0.25) is 5.15 Å². The summed E-state index contributed by atoms with van der Waals surface area (Å²) in [7, 11) is 0. The quantitative estimate of drug-likeness (QED) is 0.492. The lowest BCUT2D eigenvalue weighted by molar-refractivity contribution is 0.289. The zero-order chi connectivity index (χ0) is 13.2. The first-order valence-corrected chi connectivity index (χ1v) is 7.29. The predicted octanol–water partition coefficient (Wildman–Crippen LogP) is 4.43. The molecule has 0 aliphatic rings. The second-order valence-corrected chi connectivity index (χ2v) is 4.78. The van der Waals surface area contributed by atoms with Gasteiger partial charge in [-0.15, -0.1) is 0 Å². The Morgan fingerprint density at radius 2 is 1.78 bits per heavy atom. The molecule has 0 amide bonds. The lowest BCUT2D eigenvalue weighted by Crippen LogP contribution is -2.03. The number of hydrogen-bond acceptors (Lipinski definition) is 3. The molecule has 1 aromatic heterocycles. The van der Waals surface area contributed by atoms with E-state index in [2.05, 4.69) is 16.9 Å². The third-order valence-corrected chi connectivity index (χ3v) is 3.27. The van der Waals surface area contributed by atoms with Crippen LogP contribution >= 0.6 is 11.6 Å². The first-order valence-electron chi connectivity index (χ1n) is 6.91. The molecular weight excluding hydrogens is 248 g/mol. The van der Waals surface area contributed by atoms with E-state index in [0.29, 0.717) is 17.6 Å². The van der Waals surface area contributed by atoms with Gasteiger partial charge in [0.1, 0.15) is 11.5 Å². The Hall–Kier alpha value is -0.830. The van der Waals surface area contributed by atoms with Gasteiger partial charge in [-0.25, -0.2) is 9.97 Å². The molecule has 0 saturated heterocycles. The first kappa shape index (κ1) is 15.2. The zero-order valence-corrected chi connectivity index (χ0v) is 12.2. The summed E-state index contributed by atoms with van der Waals surface area (Å²) in [4.78, 5) is 8.10. The highest BCUT2D eigenvalue weighted by Gasteiger charge is 2.08. The SMILES string of the molecule is CCCCCCCCOc1ncnc(Cl)c1CC. The van der Waals surface area contributed by atoms with E-state index in [1.54, 1.807) is 0 Å². The summed E-state index contributed by atoms with van der Waals surface area (Å²) in [5, 5.41) is 0.505. The number of rotatable bonds is 9. The smallest absolute Gasteiger partial charge is 0.221 e. The number of halogens is 1. The van der Waals surface area contributed by atoms with E-state index in [-0.39, 0.29) is 0 Å². The number of hydrogen-bond donors (Lipinski definition) is 0. The van der Waals surface area contributed by atoms with Crippen molar-refractivity contribution in [2.24, 2.45) is 0 Å². The fourth-order valence-electron chi connectivity index (χ4n) is 1.85. The third-order valence-electron chi connectivity index (χ3n) is 2.94. The summed E-state index contributed by atoms with van der Waals surface area (Å²) >= 11 is 6.00. The van der Waals surface area contributed by atoms with E-state index < -0.39 is 0 Å². The summed E-state index contributed by atoms with van der Waals surface area (Å²) in [5.41, 5.74) is 0.908. The minimum Gasteiger partial charge on any atom is -0.477 e. The van der Waals surface area contributed by atoms with Crippen molar-refractivity contribution in [3.63, 3.8) is 0 Å². The largest absolute Gasteiger partial charge is 0.477 e. The molecule has 0 saturated carbocycles. The fraction of sp³-hybridized carbons (Fsp3) is 0.714. The summed E-state index contributed by atoms with van der Waals surface area (Å²) in [6, 6.07) is 0. The summed E-state index contributed by atoms with van der Waals surface area (Å²) in [5.74, 6) is 0.644. The Labute approximate surface area is 115 Å². The van der Waals surface area contributed by atoms with Gasteiger partial charge in [0.15, 0.2) is 0 Å². The van der Waals surface area contributed by atoms with Crippen molar-refractivity contribution in [1.29, 1.82) is 0 Å². The average Bonchev–Trinajstić information content (AvgIpc) is 2.38. The topological polar surface area (TPSA) is 35.0 Å². The molecule has 18 heavy (non-hydrogen) atoms. The fourth-order valence-corrected chi connectivity index (χ4v) is 2.11. The standard InChI is InChI=1S/C14H23ClN2O/c1-3-5-6-7-8-9-10-18-14-12(4-2)13(15)16-11-17-14/h11H,3-10H2,1-2H3. The highest BCUT2D eigenvalue weighted by molar-refractivity contribution is 6.30. The molecule has 0 radical (unpaired) electrons. The van der Waals surface area contributed by atoms with Gasteiger partial charge in [-0.1, -0.05) is 57.6 Å². The summed E-state index contributed by atoms with van der Waals surface area (Å²) < 4.78 is 5.68. The molecule has 0 aliphatic carbocycles. The first-order chi connectivity index (χ1) is 8.79. The average molecular weight is 271 g/mol. The summed E-state index contributed by atoms with van der Waals surface area (Å²) in [6.45, 7) is 4.98. The summed E-state index contributed by atoms with van der Waals surface area (Å²) in [6.07, 6.45) is 9.80. The van der Waals surface area contributed by atoms with Crippen molar-refractivity contribution in [3.8, 4) is 5.88 Å². The third kappa shape index (κ3) is 5.21. The number of ether oxygens (including phenoxy) is 1. The molecule has 0 bridgehead atoms. The van der Waals surface area contributed by atoms with Gasteiger partial charge >= 0.3 is 0 Å². The van der Waals surface area contributed by atoms with Crippen LogP contribution in [0.1, 0.15) is 57.9 Å². The van der Waals surface area contributed by atoms with Crippen molar-refractivity contribution in [2.45, 2.75) is 58.8 Å². The van der Waals surface area contributed by atoms with Gasteiger partial charge in [0.05, 0.1) is 12.2 Å². The lowest BCUT2D eigenvalue weighted by atomic mass is 10.1. The Kier molecular flexibility index (Phi) is 7.74. The second kappa shape index (κ2) is 9.15. The molecule has 3 nitrogen and oxygen atoms in total. The highest BCUT2D eigenvalue weighted by atomic mass is 35.5. The number of unbranched alkanes of at least 4 members (excludes halogenated alkanes) is 5. The van der Waals surface area contributed by atoms with Crippen LogP contribution in [-0.2, 0) is 6.42 Å². The Morgan fingerprint density at radius 3 is 2.50 bits per heavy atom. The van der Waals surface area contributed by atoms with Gasteiger partial charge in [-0.05, 0) is 12.8 Å². The van der Waals surface area contributed by atoms with Crippen molar-refractivity contribution >= 4 is 11.6 Å². The van der Waals surface area contributed by atoms with Crippen LogP contribution in [0.25, 0.3) is 0 Å². The molecule has 1 aromatic rings. The van der Waals surface area contributed by atoms with Crippen LogP contribution < -0.4 is 4.74 Å². The van der Waals surface area contributed by atoms with Crippen LogP contribution in [-0.4, -0.2) is 16.6 Å². The monoisotopic (exact) mass is 270 g/mol. The molecular formula is C14H23ClN2O. The van der Waals surface area contributed by atoms with Crippen LogP contribution in [0, 0.1) is 0 Å². The van der Waals surface area contributed by atoms with Crippen molar-refractivity contribution < 1.29 is 4.74 Å². The maximum absolute atomic E-state index is 6.00. The van der Waals surface area contributed by atoms with Gasteiger partial charge in [0.25, 0.3) is 0 Å².